The first-order valence-corrected chi connectivity index (χ1v) is 12.6. The van der Waals surface area contributed by atoms with Crippen LogP contribution in [-0.4, -0.2) is 48.7 Å². The van der Waals surface area contributed by atoms with Crippen LogP contribution in [0, 0.1) is 0 Å². The molecule has 0 spiro atoms. The van der Waals surface area contributed by atoms with Gasteiger partial charge in [-0.15, -0.1) is 0 Å². The van der Waals surface area contributed by atoms with Gasteiger partial charge in [-0.3, -0.25) is 0 Å². The molecule has 2 heterocycles. The van der Waals surface area contributed by atoms with Crippen molar-refractivity contribution in [1.82, 2.24) is 19.4 Å². The fourth-order valence-electron chi connectivity index (χ4n) is 4.02. The summed E-state index contributed by atoms with van der Waals surface area (Å²) in [6, 6.07) is 9.63. The Bertz CT molecular complexity index is 1590. The minimum Gasteiger partial charge on any atom is -0.465 e. The molecule has 2 aromatic carbocycles. The molecule has 41 heavy (non-hydrogen) atoms. The highest BCUT2D eigenvalue weighted by Crippen LogP contribution is 2.33. The van der Waals surface area contributed by atoms with Crippen LogP contribution in [0.15, 0.2) is 61.1 Å². The molecule has 4 aromatic rings. The number of benzene rings is 2. The largest absolute Gasteiger partial charge is 0.465 e. The Morgan fingerprint density at radius 2 is 1.83 bits per heavy atom. The maximum Gasteiger partial charge on any atom is 0.416 e. The van der Waals surface area contributed by atoms with E-state index in [1.807, 2.05) is 20.8 Å². The second kappa shape index (κ2) is 11.5. The Hall–Kier alpha value is -4.52. The van der Waals surface area contributed by atoms with E-state index in [0.29, 0.717) is 17.6 Å². The highest BCUT2D eigenvalue weighted by molar-refractivity contribution is 6.34. The number of anilines is 2. The van der Waals surface area contributed by atoms with Gasteiger partial charge in [-0.2, -0.15) is 18.2 Å². The number of fused-ring (bicyclic) bond motifs is 1. The number of hydrogen-bond acceptors (Lipinski definition) is 5. The lowest BCUT2D eigenvalue weighted by Gasteiger charge is -2.33. The van der Waals surface area contributed by atoms with Crippen molar-refractivity contribution < 1.29 is 32.6 Å². The van der Waals surface area contributed by atoms with Crippen LogP contribution in [0.3, 0.4) is 0 Å². The van der Waals surface area contributed by atoms with Crippen LogP contribution < -0.4 is 15.4 Å². The number of nitrogens with zero attached hydrogens (tertiary/aromatic N) is 4. The fourth-order valence-corrected chi connectivity index (χ4v) is 4.24. The SMILES string of the molecule is CC(C)(C)N(CCn1ccc2ncnc(Oc3ccc(NC(=O)Nc4cccc(C(F)(F)F)c4)c(Cl)c3)c21)C(=O)O. The standard InChI is InChI=1S/C27H26ClF3N6O4/c1-26(2,3)37(25(39)40)12-11-36-10-9-21-22(36)23(33-15-32-21)41-18-7-8-20(19(28)14-18)35-24(38)34-17-6-4-5-16(13-17)27(29,30)31/h4-10,13-15H,11-12H2,1-3H3,(H,39,40)(H2,34,35,38). The van der Waals surface area contributed by atoms with Crippen LogP contribution in [0.5, 0.6) is 11.6 Å². The van der Waals surface area contributed by atoms with Crippen LogP contribution in [0.25, 0.3) is 11.0 Å². The van der Waals surface area contributed by atoms with Crippen molar-refractivity contribution in [2.45, 2.75) is 39.0 Å². The average Bonchev–Trinajstić information content (AvgIpc) is 3.28. The maximum atomic E-state index is 12.9. The van der Waals surface area contributed by atoms with Gasteiger partial charge in [0.1, 0.15) is 17.6 Å². The van der Waals surface area contributed by atoms with Gasteiger partial charge < -0.3 is 29.9 Å². The molecule has 3 N–H and O–H groups in total. The number of rotatable bonds is 7. The van der Waals surface area contributed by atoms with Crippen molar-refractivity contribution in [1.29, 1.82) is 0 Å². The highest BCUT2D eigenvalue weighted by Gasteiger charge is 2.30. The van der Waals surface area contributed by atoms with Crippen molar-refractivity contribution in [3.05, 3.63) is 71.6 Å². The molecule has 0 radical (unpaired) electrons. The lowest BCUT2D eigenvalue weighted by molar-refractivity contribution is -0.137. The van der Waals surface area contributed by atoms with Gasteiger partial charge in [-0.25, -0.2) is 14.6 Å². The zero-order valence-corrected chi connectivity index (χ0v) is 22.9. The van der Waals surface area contributed by atoms with Crippen molar-refractivity contribution >= 4 is 46.1 Å². The third-order valence-corrected chi connectivity index (χ3v) is 6.29. The number of alkyl halides is 3. The fraction of sp³-hybridized carbons (Fsp3) is 0.259. The minimum absolute atomic E-state index is 0.0434. The van der Waals surface area contributed by atoms with Gasteiger partial charge >= 0.3 is 18.3 Å². The number of nitrogens with one attached hydrogen (secondary N) is 2. The van der Waals surface area contributed by atoms with Gasteiger partial charge in [-0.05, 0) is 57.2 Å². The number of aromatic nitrogens is 3. The number of ether oxygens (including phenoxy) is 1. The summed E-state index contributed by atoms with van der Waals surface area (Å²) in [4.78, 5) is 33.9. The van der Waals surface area contributed by atoms with Crippen LogP contribution in [0.2, 0.25) is 5.02 Å². The summed E-state index contributed by atoms with van der Waals surface area (Å²) >= 11 is 6.34. The summed E-state index contributed by atoms with van der Waals surface area (Å²) in [7, 11) is 0. The normalized spacial score (nSPS) is 11.8. The van der Waals surface area contributed by atoms with Crippen molar-refractivity contribution in [2.24, 2.45) is 0 Å². The second-order valence-electron chi connectivity index (χ2n) is 9.93. The number of urea groups is 1. The third-order valence-electron chi connectivity index (χ3n) is 5.97. The summed E-state index contributed by atoms with van der Waals surface area (Å²) < 4.78 is 46.6. The predicted molar refractivity (Wildman–Crippen MR) is 148 cm³/mol. The van der Waals surface area contributed by atoms with Gasteiger partial charge in [0.05, 0.1) is 21.8 Å². The average molecular weight is 591 g/mol. The zero-order chi connectivity index (χ0) is 29.9. The molecule has 0 atom stereocenters. The van der Waals surface area contributed by atoms with E-state index >= 15 is 0 Å². The van der Waals surface area contributed by atoms with Gasteiger partial charge in [0.2, 0.25) is 5.88 Å². The predicted octanol–water partition coefficient (Wildman–Crippen LogP) is 7.32. The molecule has 0 saturated carbocycles. The summed E-state index contributed by atoms with van der Waals surface area (Å²) in [5.74, 6) is 0.491. The summed E-state index contributed by atoms with van der Waals surface area (Å²) in [6.45, 7) is 5.96. The van der Waals surface area contributed by atoms with E-state index in [2.05, 4.69) is 20.6 Å². The first-order valence-electron chi connectivity index (χ1n) is 12.3. The number of carbonyl (C=O) groups excluding carboxylic acids is 1. The first kappa shape index (κ1) is 29.5. The van der Waals surface area contributed by atoms with Crippen LogP contribution in [0.1, 0.15) is 26.3 Å². The molecule has 0 saturated heterocycles. The molecule has 216 valence electrons. The smallest absolute Gasteiger partial charge is 0.416 e. The zero-order valence-electron chi connectivity index (χ0n) is 22.2. The number of halogens is 4. The topological polar surface area (TPSA) is 122 Å². The Balaban J connectivity index is 1.48. The van der Waals surface area contributed by atoms with Gasteiger partial charge in [0.25, 0.3) is 0 Å². The molecule has 2 aromatic heterocycles. The molecule has 0 bridgehead atoms. The third kappa shape index (κ3) is 7.17. The monoisotopic (exact) mass is 590 g/mol. The number of hydrogen-bond donors (Lipinski definition) is 3. The van der Waals surface area contributed by atoms with Crippen LogP contribution in [0.4, 0.5) is 34.1 Å². The lowest BCUT2D eigenvalue weighted by atomic mass is 10.1. The summed E-state index contributed by atoms with van der Waals surface area (Å²) in [6.07, 6.45) is -2.49. The van der Waals surface area contributed by atoms with Gasteiger partial charge in [0.15, 0.2) is 0 Å². The van der Waals surface area contributed by atoms with E-state index in [4.69, 9.17) is 16.3 Å². The van der Waals surface area contributed by atoms with Crippen molar-refractivity contribution in [2.75, 3.05) is 17.2 Å². The van der Waals surface area contributed by atoms with Crippen LogP contribution >= 0.6 is 11.6 Å². The van der Waals surface area contributed by atoms with E-state index in [0.717, 1.165) is 12.1 Å². The molecule has 14 heteroatoms. The molecule has 0 unspecified atom stereocenters. The maximum absolute atomic E-state index is 12.9. The molecule has 10 nitrogen and oxygen atoms in total. The number of carboxylic acid groups (broad SMARTS) is 1. The Labute approximate surface area is 237 Å². The number of amides is 3. The van der Waals surface area contributed by atoms with E-state index in [-0.39, 0.29) is 34.6 Å². The molecule has 0 aliphatic heterocycles. The molecule has 0 aliphatic carbocycles. The van der Waals surface area contributed by atoms with Crippen LogP contribution in [-0.2, 0) is 12.7 Å². The van der Waals surface area contributed by atoms with E-state index in [1.54, 1.807) is 16.8 Å². The van der Waals surface area contributed by atoms with Crippen molar-refractivity contribution in [3.63, 3.8) is 0 Å². The summed E-state index contributed by atoms with van der Waals surface area (Å²) in [5.41, 5.74) is -0.211. The molecule has 3 amide bonds. The number of carbonyl (C=O) groups is 2. The Morgan fingerprint density at radius 3 is 2.49 bits per heavy atom. The molecule has 0 fully saturated rings. The molecular formula is C27H26ClF3N6O4. The highest BCUT2D eigenvalue weighted by atomic mass is 35.5. The lowest BCUT2D eigenvalue weighted by Crippen LogP contribution is -2.46. The van der Waals surface area contributed by atoms with Gasteiger partial charge in [0, 0.05) is 36.6 Å². The molecule has 0 aliphatic rings. The van der Waals surface area contributed by atoms with E-state index in [9.17, 15) is 27.9 Å². The molecule has 4 rings (SSSR count). The minimum atomic E-state index is -4.55. The Kier molecular flexibility index (Phi) is 8.29. The van der Waals surface area contributed by atoms with E-state index in [1.165, 1.54) is 41.6 Å². The second-order valence-corrected chi connectivity index (χ2v) is 10.3. The Morgan fingerprint density at radius 1 is 1.07 bits per heavy atom. The first-order chi connectivity index (χ1) is 19.2. The van der Waals surface area contributed by atoms with E-state index < -0.39 is 29.4 Å². The van der Waals surface area contributed by atoms with Crippen molar-refractivity contribution in [3.8, 4) is 11.6 Å². The molecular weight excluding hydrogens is 565 g/mol. The summed E-state index contributed by atoms with van der Waals surface area (Å²) in [5, 5.41) is 14.5. The quantitative estimate of drug-likeness (QED) is 0.207. The van der Waals surface area contributed by atoms with Gasteiger partial charge in [-0.1, -0.05) is 17.7 Å².